The van der Waals surface area contributed by atoms with Crippen LogP contribution in [-0.4, -0.2) is 25.5 Å². The summed E-state index contributed by atoms with van der Waals surface area (Å²) in [6.07, 6.45) is 11.2. The number of hydrogen-bond donors (Lipinski definition) is 0. The van der Waals surface area contributed by atoms with Gasteiger partial charge in [-0.15, -0.1) is 0 Å². The van der Waals surface area contributed by atoms with Crippen molar-refractivity contribution in [3.05, 3.63) is 0 Å². The van der Waals surface area contributed by atoms with Crippen molar-refractivity contribution in [3.63, 3.8) is 0 Å². The van der Waals surface area contributed by atoms with Crippen LogP contribution < -0.4 is 0 Å². The highest BCUT2D eigenvalue weighted by atomic mass is 15.0. The smallest absolute Gasteiger partial charge is 0.00221 e. The predicted molar refractivity (Wildman–Crippen MR) is 79.5 cm³/mol. The van der Waals surface area contributed by atoms with Gasteiger partial charge in [0.15, 0.2) is 0 Å². The summed E-state index contributed by atoms with van der Waals surface area (Å²) in [6, 6.07) is 0. The average Bonchev–Trinajstić information content (AvgIpc) is 2.31. The zero-order valence-corrected chi connectivity index (χ0v) is 13.0. The zero-order valence-electron chi connectivity index (χ0n) is 13.0. The Morgan fingerprint density at radius 2 is 1.47 bits per heavy atom. The van der Waals surface area contributed by atoms with Crippen molar-refractivity contribution in [3.8, 4) is 0 Å². The van der Waals surface area contributed by atoms with Crippen LogP contribution in [0.3, 0.4) is 0 Å². The van der Waals surface area contributed by atoms with Gasteiger partial charge < -0.3 is 4.90 Å². The molecular formula is C16H35N. The first-order chi connectivity index (χ1) is 8.15. The van der Waals surface area contributed by atoms with Gasteiger partial charge in [-0.1, -0.05) is 65.7 Å². The molecule has 1 nitrogen and oxygen atoms in total. The molecule has 0 rings (SSSR count). The molecule has 0 aromatic carbocycles. The van der Waals surface area contributed by atoms with Crippen LogP contribution in [0.2, 0.25) is 0 Å². The summed E-state index contributed by atoms with van der Waals surface area (Å²) in [5, 5.41) is 0. The first kappa shape index (κ1) is 17.0. The lowest BCUT2D eigenvalue weighted by atomic mass is 9.81. The van der Waals surface area contributed by atoms with Crippen molar-refractivity contribution in [1.82, 2.24) is 4.90 Å². The van der Waals surface area contributed by atoms with E-state index >= 15 is 0 Å². The van der Waals surface area contributed by atoms with Crippen molar-refractivity contribution >= 4 is 0 Å². The van der Waals surface area contributed by atoms with E-state index in [0.717, 1.165) is 11.8 Å². The second kappa shape index (κ2) is 11.1. The highest BCUT2D eigenvalue weighted by molar-refractivity contribution is 4.70. The van der Waals surface area contributed by atoms with Crippen molar-refractivity contribution in [1.29, 1.82) is 0 Å². The predicted octanol–water partition coefficient (Wildman–Crippen LogP) is 4.96. The van der Waals surface area contributed by atoms with E-state index in [1.165, 1.54) is 57.9 Å². The van der Waals surface area contributed by atoms with Crippen molar-refractivity contribution < 1.29 is 0 Å². The molecule has 0 bridgehead atoms. The fourth-order valence-corrected chi connectivity index (χ4v) is 2.84. The van der Waals surface area contributed by atoms with Gasteiger partial charge in [0, 0.05) is 0 Å². The standard InChI is InChI=1S/C16H35N/c1-6-9-10-12-16(13-14-17(4)5)15(8-3)11-7-2/h15-16H,6-14H2,1-5H3. The SMILES string of the molecule is CCCCCC(CCN(C)C)C(CC)CCC. The fraction of sp³-hybridized carbons (Fsp3) is 1.00. The Balaban J connectivity index is 4.14. The van der Waals surface area contributed by atoms with Crippen LogP contribution in [-0.2, 0) is 0 Å². The summed E-state index contributed by atoms with van der Waals surface area (Å²) >= 11 is 0. The molecule has 0 amide bonds. The molecule has 0 N–H and O–H groups in total. The lowest BCUT2D eigenvalue weighted by molar-refractivity contribution is 0.235. The van der Waals surface area contributed by atoms with Gasteiger partial charge in [0.05, 0.1) is 0 Å². The highest BCUT2D eigenvalue weighted by Crippen LogP contribution is 2.29. The monoisotopic (exact) mass is 241 g/mol. The lowest BCUT2D eigenvalue weighted by Gasteiger charge is -2.27. The van der Waals surface area contributed by atoms with Gasteiger partial charge >= 0.3 is 0 Å². The van der Waals surface area contributed by atoms with E-state index in [0.29, 0.717) is 0 Å². The molecule has 0 saturated carbocycles. The van der Waals surface area contributed by atoms with Crippen LogP contribution in [0.5, 0.6) is 0 Å². The van der Waals surface area contributed by atoms with E-state index in [-0.39, 0.29) is 0 Å². The van der Waals surface area contributed by atoms with Crippen molar-refractivity contribution in [2.24, 2.45) is 11.8 Å². The van der Waals surface area contributed by atoms with Gasteiger partial charge in [-0.2, -0.15) is 0 Å². The molecule has 17 heavy (non-hydrogen) atoms. The molecule has 2 unspecified atom stereocenters. The van der Waals surface area contributed by atoms with Crippen LogP contribution in [0.4, 0.5) is 0 Å². The Hall–Kier alpha value is -0.0400. The first-order valence-electron chi connectivity index (χ1n) is 7.80. The summed E-state index contributed by atoms with van der Waals surface area (Å²) in [6.45, 7) is 8.27. The summed E-state index contributed by atoms with van der Waals surface area (Å²) in [4.78, 5) is 2.34. The molecule has 0 aromatic heterocycles. The highest BCUT2D eigenvalue weighted by Gasteiger charge is 2.18. The molecule has 0 fully saturated rings. The second-order valence-corrected chi connectivity index (χ2v) is 5.80. The average molecular weight is 241 g/mol. The maximum absolute atomic E-state index is 2.38. The molecule has 2 atom stereocenters. The molecule has 0 heterocycles. The van der Waals surface area contributed by atoms with Crippen molar-refractivity contribution in [2.45, 2.75) is 72.1 Å². The maximum Gasteiger partial charge on any atom is -0.00221 e. The van der Waals surface area contributed by atoms with Gasteiger partial charge in [-0.3, -0.25) is 0 Å². The van der Waals surface area contributed by atoms with E-state index < -0.39 is 0 Å². The Labute approximate surface area is 110 Å². The van der Waals surface area contributed by atoms with Crippen molar-refractivity contribution in [2.75, 3.05) is 20.6 Å². The topological polar surface area (TPSA) is 3.24 Å². The van der Waals surface area contributed by atoms with Gasteiger partial charge in [0.2, 0.25) is 0 Å². The number of rotatable bonds is 11. The third kappa shape index (κ3) is 8.65. The summed E-state index contributed by atoms with van der Waals surface area (Å²) in [5.41, 5.74) is 0. The minimum absolute atomic E-state index is 0.967. The first-order valence-corrected chi connectivity index (χ1v) is 7.80. The van der Waals surface area contributed by atoms with E-state index in [1.54, 1.807) is 0 Å². The van der Waals surface area contributed by atoms with Crippen LogP contribution >= 0.6 is 0 Å². The molecular weight excluding hydrogens is 206 g/mol. The molecule has 0 radical (unpaired) electrons. The maximum atomic E-state index is 2.38. The van der Waals surface area contributed by atoms with Gasteiger partial charge in [-0.05, 0) is 38.9 Å². The molecule has 0 spiro atoms. The van der Waals surface area contributed by atoms with Gasteiger partial charge in [0.25, 0.3) is 0 Å². The normalized spacial score (nSPS) is 15.2. The summed E-state index contributed by atoms with van der Waals surface area (Å²) < 4.78 is 0. The Bertz CT molecular complexity index is 154. The zero-order chi connectivity index (χ0) is 13.1. The van der Waals surface area contributed by atoms with Crippen LogP contribution in [0.15, 0.2) is 0 Å². The minimum Gasteiger partial charge on any atom is -0.309 e. The number of nitrogens with zero attached hydrogens (tertiary/aromatic N) is 1. The van der Waals surface area contributed by atoms with E-state index in [1.807, 2.05) is 0 Å². The van der Waals surface area contributed by atoms with E-state index in [4.69, 9.17) is 0 Å². The van der Waals surface area contributed by atoms with Gasteiger partial charge in [0.1, 0.15) is 0 Å². The van der Waals surface area contributed by atoms with Gasteiger partial charge in [-0.25, -0.2) is 0 Å². The van der Waals surface area contributed by atoms with Crippen LogP contribution in [0.1, 0.15) is 72.1 Å². The molecule has 0 aliphatic carbocycles. The second-order valence-electron chi connectivity index (χ2n) is 5.80. The quantitative estimate of drug-likeness (QED) is 0.462. The summed E-state index contributed by atoms with van der Waals surface area (Å²) in [7, 11) is 4.40. The van der Waals surface area contributed by atoms with Crippen LogP contribution in [0.25, 0.3) is 0 Å². The molecule has 1 heteroatoms. The molecule has 104 valence electrons. The molecule has 0 aromatic rings. The summed E-state index contributed by atoms with van der Waals surface area (Å²) in [5.74, 6) is 1.94. The Kier molecular flexibility index (Phi) is 11.0. The largest absolute Gasteiger partial charge is 0.309 e. The van der Waals surface area contributed by atoms with Crippen LogP contribution in [0, 0.1) is 11.8 Å². The molecule has 0 aliphatic rings. The molecule has 0 aliphatic heterocycles. The molecule has 0 saturated heterocycles. The van der Waals surface area contributed by atoms with E-state index in [2.05, 4.69) is 39.8 Å². The third-order valence-corrected chi connectivity index (χ3v) is 3.98. The number of unbranched alkanes of at least 4 members (excludes halogenated alkanes) is 2. The van der Waals surface area contributed by atoms with E-state index in [9.17, 15) is 0 Å². The minimum atomic E-state index is 0.967. The third-order valence-electron chi connectivity index (χ3n) is 3.98. The Morgan fingerprint density at radius 1 is 0.765 bits per heavy atom. The Morgan fingerprint density at radius 3 is 1.94 bits per heavy atom. The lowest BCUT2D eigenvalue weighted by Crippen LogP contribution is -2.21. The number of hydrogen-bond acceptors (Lipinski definition) is 1. The fourth-order valence-electron chi connectivity index (χ4n) is 2.84.